The zero-order valence-electron chi connectivity index (χ0n) is 13.2. The third-order valence-corrected chi connectivity index (χ3v) is 2.96. The number of azide groups is 1. The van der Waals surface area contributed by atoms with E-state index in [4.69, 9.17) is 15.0 Å². The van der Waals surface area contributed by atoms with Crippen LogP contribution in [0.4, 0.5) is 0 Å². The van der Waals surface area contributed by atoms with Gasteiger partial charge in [0, 0.05) is 18.8 Å². The highest BCUT2D eigenvalue weighted by molar-refractivity contribution is 5.86. The predicted molar refractivity (Wildman–Crippen MR) is 76.1 cm³/mol. The Morgan fingerprint density at radius 2 is 2.08 bits per heavy atom. The van der Waals surface area contributed by atoms with Crippen LogP contribution in [-0.2, 0) is 33.3 Å². The molecule has 1 aliphatic heterocycles. The van der Waals surface area contributed by atoms with Crippen molar-refractivity contribution in [1.82, 2.24) is 0 Å². The van der Waals surface area contributed by atoms with E-state index in [1.165, 1.54) is 0 Å². The molecule has 24 heavy (non-hydrogen) atoms. The van der Waals surface area contributed by atoms with Gasteiger partial charge in [-0.25, -0.2) is 4.79 Å². The second-order valence-corrected chi connectivity index (χ2v) is 4.74. The van der Waals surface area contributed by atoms with Crippen molar-refractivity contribution in [2.24, 2.45) is 5.11 Å². The number of hydrogen-bond acceptors (Lipinski definition) is 9. The van der Waals surface area contributed by atoms with Crippen molar-refractivity contribution in [1.29, 1.82) is 0 Å². The molecule has 132 valence electrons. The van der Waals surface area contributed by atoms with E-state index in [-0.39, 0.29) is 5.76 Å². The maximum absolute atomic E-state index is 11.7. The summed E-state index contributed by atoms with van der Waals surface area (Å²) in [4.78, 5) is 36.4. The minimum absolute atomic E-state index is 0.329. The summed E-state index contributed by atoms with van der Waals surface area (Å²) in [6.45, 7) is 1.78. The number of ether oxygens (including phenoxy) is 4. The van der Waals surface area contributed by atoms with Gasteiger partial charge >= 0.3 is 17.9 Å². The predicted octanol–water partition coefficient (Wildman–Crippen LogP) is -0.0233. The van der Waals surface area contributed by atoms with E-state index in [1.807, 2.05) is 0 Å². The van der Waals surface area contributed by atoms with Gasteiger partial charge in [-0.1, -0.05) is 5.11 Å². The first-order chi connectivity index (χ1) is 11.3. The lowest BCUT2D eigenvalue weighted by molar-refractivity contribution is -0.172. The van der Waals surface area contributed by atoms with Crippen molar-refractivity contribution >= 4 is 17.9 Å². The molecule has 1 rings (SSSR count). The average molecular weight is 343 g/mol. The second-order valence-electron chi connectivity index (χ2n) is 4.74. The van der Waals surface area contributed by atoms with Crippen LogP contribution in [0.5, 0.6) is 0 Å². The van der Waals surface area contributed by atoms with Crippen molar-refractivity contribution in [3.05, 3.63) is 22.3 Å². The SMILES string of the molecule is COC(=O)C1=C[C@H](N=[N+]=[N-])[C@@H](OC(C)=O)[C@@H]([C@@H](O)COC(C)=O)O1. The number of rotatable bonds is 6. The summed E-state index contributed by atoms with van der Waals surface area (Å²) in [6.07, 6.45) is -2.88. The molecule has 1 N–H and O–H groups in total. The summed E-state index contributed by atoms with van der Waals surface area (Å²) in [5.74, 6) is -2.57. The molecule has 1 aliphatic rings. The van der Waals surface area contributed by atoms with E-state index in [0.29, 0.717) is 0 Å². The molecule has 0 unspecified atom stereocenters. The summed E-state index contributed by atoms with van der Waals surface area (Å²) in [7, 11) is 1.11. The van der Waals surface area contributed by atoms with Crippen LogP contribution >= 0.6 is 0 Å². The molecule has 1 heterocycles. The van der Waals surface area contributed by atoms with Gasteiger partial charge in [0.25, 0.3) is 0 Å². The molecule has 0 amide bonds. The van der Waals surface area contributed by atoms with Gasteiger partial charge in [-0.05, 0) is 11.6 Å². The molecular formula is C13H17N3O8. The number of aliphatic hydroxyl groups excluding tert-OH is 1. The quantitative estimate of drug-likeness (QED) is 0.232. The average Bonchev–Trinajstić information content (AvgIpc) is 2.52. The second kappa shape index (κ2) is 8.75. The van der Waals surface area contributed by atoms with E-state index in [0.717, 1.165) is 27.0 Å². The van der Waals surface area contributed by atoms with Gasteiger partial charge in [0.05, 0.1) is 7.11 Å². The number of aliphatic hydroxyl groups is 1. The van der Waals surface area contributed by atoms with Crippen LogP contribution in [0, 0.1) is 0 Å². The lowest BCUT2D eigenvalue weighted by atomic mass is 9.97. The fraction of sp³-hybridized carbons (Fsp3) is 0.615. The molecule has 0 aliphatic carbocycles. The van der Waals surface area contributed by atoms with E-state index >= 15 is 0 Å². The van der Waals surface area contributed by atoms with E-state index in [1.54, 1.807) is 0 Å². The molecular weight excluding hydrogens is 326 g/mol. The molecule has 4 atom stereocenters. The lowest BCUT2D eigenvalue weighted by Crippen LogP contribution is -2.51. The molecule has 0 spiro atoms. The first kappa shape index (κ1) is 19.3. The maximum Gasteiger partial charge on any atom is 0.372 e. The first-order valence-corrected chi connectivity index (χ1v) is 6.79. The minimum Gasteiger partial charge on any atom is -0.477 e. The lowest BCUT2D eigenvalue weighted by Gasteiger charge is -2.36. The molecule has 0 aromatic carbocycles. The van der Waals surface area contributed by atoms with Gasteiger partial charge in [0.1, 0.15) is 18.8 Å². The van der Waals surface area contributed by atoms with Crippen LogP contribution in [0.2, 0.25) is 0 Å². The third kappa shape index (κ3) is 5.14. The Balaban J connectivity index is 3.16. The fourth-order valence-electron chi connectivity index (χ4n) is 2.00. The molecule has 0 aromatic rings. The summed E-state index contributed by atoms with van der Waals surface area (Å²) >= 11 is 0. The number of carbonyl (C=O) groups is 3. The number of nitrogens with zero attached hydrogens (tertiary/aromatic N) is 3. The molecule has 0 bridgehead atoms. The highest BCUT2D eigenvalue weighted by Crippen LogP contribution is 2.26. The van der Waals surface area contributed by atoms with Crippen molar-refractivity contribution < 1.29 is 38.4 Å². The van der Waals surface area contributed by atoms with E-state index in [2.05, 4.69) is 19.5 Å². The zero-order chi connectivity index (χ0) is 18.3. The molecule has 11 nitrogen and oxygen atoms in total. The van der Waals surface area contributed by atoms with Crippen molar-refractivity contribution in [2.45, 2.75) is 38.2 Å². The Morgan fingerprint density at radius 3 is 2.58 bits per heavy atom. The monoisotopic (exact) mass is 343 g/mol. The van der Waals surface area contributed by atoms with Crippen molar-refractivity contribution in [2.75, 3.05) is 13.7 Å². The van der Waals surface area contributed by atoms with Gasteiger partial charge in [0.15, 0.2) is 12.2 Å². The van der Waals surface area contributed by atoms with Crippen LogP contribution < -0.4 is 0 Å². The van der Waals surface area contributed by atoms with Crippen LogP contribution in [-0.4, -0.2) is 61.1 Å². The maximum atomic E-state index is 11.7. The third-order valence-electron chi connectivity index (χ3n) is 2.96. The normalized spacial score (nSPS) is 23.7. The molecule has 0 saturated carbocycles. The number of esters is 3. The highest BCUT2D eigenvalue weighted by atomic mass is 16.6. The van der Waals surface area contributed by atoms with E-state index < -0.39 is 48.9 Å². The fourth-order valence-corrected chi connectivity index (χ4v) is 2.00. The van der Waals surface area contributed by atoms with Gasteiger partial charge < -0.3 is 24.1 Å². The smallest absolute Gasteiger partial charge is 0.372 e. The highest BCUT2D eigenvalue weighted by Gasteiger charge is 2.43. The largest absolute Gasteiger partial charge is 0.477 e. The first-order valence-electron chi connectivity index (χ1n) is 6.79. The van der Waals surface area contributed by atoms with Crippen LogP contribution in [0.15, 0.2) is 16.9 Å². The van der Waals surface area contributed by atoms with Gasteiger partial charge in [0.2, 0.25) is 5.76 Å². The summed E-state index contributed by atoms with van der Waals surface area (Å²) in [5.41, 5.74) is 8.65. The van der Waals surface area contributed by atoms with Crippen LogP contribution in [0.25, 0.3) is 10.4 Å². The molecule has 0 saturated heterocycles. The van der Waals surface area contributed by atoms with Crippen molar-refractivity contribution in [3.63, 3.8) is 0 Å². The number of methoxy groups -OCH3 is 1. The minimum atomic E-state index is -1.46. The summed E-state index contributed by atoms with van der Waals surface area (Å²) in [5, 5.41) is 13.6. The molecule has 0 fully saturated rings. The number of hydrogen-bond donors (Lipinski definition) is 1. The Morgan fingerprint density at radius 1 is 1.42 bits per heavy atom. The molecule has 11 heteroatoms. The van der Waals surface area contributed by atoms with Crippen LogP contribution in [0.1, 0.15) is 13.8 Å². The van der Waals surface area contributed by atoms with E-state index in [9.17, 15) is 19.5 Å². The topological polar surface area (TPSA) is 157 Å². The Kier molecular flexibility index (Phi) is 7.02. The Labute approximate surface area is 136 Å². The molecule has 0 aromatic heterocycles. The number of carbonyl (C=O) groups excluding carboxylic acids is 3. The Bertz CT molecular complexity index is 584. The van der Waals surface area contributed by atoms with Gasteiger partial charge in [-0.3, -0.25) is 9.59 Å². The van der Waals surface area contributed by atoms with Gasteiger partial charge in [-0.2, -0.15) is 0 Å². The summed E-state index contributed by atoms with van der Waals surface area (Å²) < 4.78 is 19.5. The van der Waals surface area contributed by atoms with Crippen molar-refractivity contribution in [3.8, 4) is 0 Å². The molecule has 0 radical (unpaired) electrons. The zero-order valence-corrected chi connectivity index (χ0v) is 13.2. The van der Waals surface area contributed by atoms with Gasteiger partial charge in [-0.15, -0.1) is 0 Å². The Hall–Kier alpha value is -2.78. The van der Waals surface area contributed by atoms with Crippen LogP contribution in [0.3, 0.4) is 0 Å². The summed E-state index contributed by atoms with van der Waals surface area (Å²) in [6, 6.07) is -1.13. The standard InChI is InChI=1S/C13H17N3O8/c1-6(17)22-5-9(19)12-11(23-7(2)18)8(15-16-14)4-10(24-12)13(20)21-3/h4,8-9,11-12,19H,5H2,1-3H3/t8-,9-,11+,12+/m0/s1.